The molecule has 0 spiro atoms. The third-order valence-electron chi connectivity index (χ3n) is 1.56. The summed E-state index contributed by atoms with van der Waals surface area (Å²) in [7, 11) is 0. The van der Waals surface area contributed by atoms with Gasteiger partial charge in [-0.15, -0.1) is 0 Å². The fourth-order valence-electron chi connectivity index (χ4n) is 0.687. The average molecular weight is 158 g/mol. The molecule has 0 amide bonds. The van der Waals surface area contributed by atoms with Gasteiger partial charge in [0, 0.05) is 0 Å². The highest BCUT2D eigenvalue weighted by Gasteiger charge is 2.05. The molecular formula is C9H18O2. The molecule has 0 fully saturated rings. The summed E-state index contributed by atoms with van der Waals surface area (Å²) in [6.45, 7) is 5.64. The average Bonchev–Trinajstić information content (AvgIpc) is 1.86. The van der Waals surface area contributed by atoms with Gasteiger partial charge in [-0.25, -0.2) is 0 Å². The molecule has 2 unspecified atom stereocenters. The molecule has 0 aromatic heterocycles. The molecule has 2 N–H and O–H groups in total. The maximum Gasteiger partial charge on any atom is 0.0692 e. The van der Waals surface area contributed by atoms with Gasteiger partial charge in [-0.05, 0) is 19.3 Å². The highest BCUT2D eigenvalue weighted by Crippen LogP contribution is 2.05. The second kappa shape index (κ2) is 5.33. The van der Waals surface area contributed by atoms with Gasteiger partial charge in [-0.3, -0.25) is 0 Å². The summed E-state index contributed by atoms with van der Waals surface area (Å²) in [5.74, 6) is 0.286. The Balaban J connectivity index is 3.53. The molecule has 0 aromatic rings. The Labute approximate surface area is 68.6 Å². The van der Waals surface area contributed by atoms with Crippen LogP contribution in [-0.4, -0.2) is 22.4 Å². The van der Waals surface area contributed by atoms with Crippen LogP contribution in [0.2, 0.25) is 0 Å². The van der Waals surface area contributed by atoms with Crippen LogP contribution in [0.5, 0.6) is 0 Å². The minimum absolute atomic E-state index is 0.286. The van der Waals surface area contributed by atoms with Gasteiger partial charge in [0.1, 0.15) is 0 Å². The predicted octanol–water partition coefficient (Wildman–Crippen LogP) is 1.33. The van der Waals surface area contributed by atoms with E-state index in [4.69, 9.17) is 5.11 Å². The zero-order valence-corrected chi connectivity index (χ0v) is 7.49. The van der Waals surface area contributed by atoms with E-state index in [0.717, 1.165) is 0 Å². The third-order valence-corrected chi connectivity index (χ3v) is 1.56. The van der Waals surface area contributed by atoms with Gasteiger partial charge in [0.15, 0.2) is 0 Å². The molecule has 0 saturated carbocycles. The summed E-state index contributed by atoms with van der Waals surface area (Å²) in [5, 5.41) is 18.1. The van der Waals surface area contributed by atoms with Crippen LogP contribution in [-0.2, 0) is 0 Å². The summed E-state index contributed by atoms with van der Waals surface area (Å²) >= 11 is 0. The molecule has 2 nitrogen and oxygen atoms in total. The molecule has 0 radical (unpaired) electrons. The van der Waals surface area contributed by atoms with Crippen LogP contribution in [0.25, 0.3) is 0 Å². The summed E-state index contributed by atoms with van der Waals surface area (Å²) in [5.41, 5.74) is 0. The fraction of sp³-hybridized carbons (Fsp3) is 0.778. The van der Waals surface area contributed by atoms with E-state index in [-0.39, 0.29) is 12.0 Å². The van der Waals surface area contributed by atoms with Crippen molar-refractivity contribution in [1.82, 2.24) is 0 Å². The van der Waals surface area contributed by atoms with Crippen LogP contribution in [0.4, 0.5) is 0 Å². The van der Waals surface area contributed by atoms with Gasteiger partial charge in [0.25, 0.3) is 0 Å². The van der Waals surface area contributed by atoms with Crippen molar-refractivity contribution < 1.29 is 10.2 Å². The Morgan fingerprint density at radius 3 is 2.09 bits per heavy atom. The largest absolute Gasteiger partial charge is 0.393 e. The number of aliphatic hydroxyl groups excluding tert-OH is 2. The van der Waals surface area contributed by atoms with Crippen molar-refractivity contribution in [3.8, 4) is 0 Å². The maximum absolute atomic E-state index is 9.31. The molecule has 0 aliphatic rings. The number of aliphatic hydroxyl groups is 2. The lowest BCUT2D eigenvalue weighted by molar-refractivity contribution is 0.128. The second-order valence-corrected chi connectivity index (χ2v) is 3.22. The van der Waals surface area contributed by atoms with Crippen LogP contribution in [0.15, 0.2) is 12.2 Å². The van der Waals surface area contributed by atoms with Gasteiger partial charge in [0.05, 0.1) is 12.2 Å². The normalized spacial score (nSPS) is 17.6. The molecule has 0 heterocycles. The highest BCUT2D eigenvalue weighted by molar-refractivity contribution is 4.88. The molecule has 0 aliphatic carbocycles. The molecule has 0 rings (SSSR count). The van der Waals surface area contributed by atoms with Crippen LogP contribution < -0.4 is 0 Å². The monoisotopic (exact) mass is 158 g/mol. The molecule has 2 heteroatoms. The van der Waals surface area contributed by atoms with E-state index in [9.17, 15) is 5.11 Å². The van der Waals surface area contributed by atoms with E-state index in [0.29, 0.717) is 6.42 Å². The summed E-state index contributed by atoms with van der Waals surface area (Å²) < 4.78 is 0. The van der Waals surface area contributed by atoms with E-state index < -0.39 is 6.10 Å². The van der Waals surface area contributed by atoms with E-state index in [2.05, 4.69) is 0 Å². The van der Waals surface area contributed by atoms with Crippen LogP contribution in [0, 0.1) is 5.92 Å². The molecule has 0 aromatic carbocycles. The summed E-state index contributed by atoms with van der Waals surface area (Å²) in [4.78, 5) is 0. The van der Waals surface area contributed by atoms with E-state index >= 15 is 0 Å². The van der Waals surface area contributed by atoms with Gasteiger partial charge in [0.2, 0.25) is 0 Å². The molecule has 0 aliphatic heterocycles. The first kappa shape index (κ1) is 10.7. The number of hydrogen-bond donors (Lipinski definition) is 2. The SMILES string of the molecule is CC(O)C=CCC(O)C(C)C. The molecular weight excluding hydrogens is 140 g/mol. The summed E-state index contributed by atoms with van der Waals surface area (Å²) in [6, 6.07) is 0. The molecule has 2 atom stereocenters. The van der Waals surface area contributed by atoms with E-state index in [1.165, 1.54) is 0 Å². The van der Waals surface area contributed by atoms with Crippen molar-refractivity contribution in [2.24, 2.45) is 5.92 Å². The smallest absolute Gasteiger partial charge is 0.0692 e. The fourth-order valence-corrected chi connectivity index (χ4v) is 0.687. The lowest BCUT2D eigenvalue weighted by Crippen LogP contribution is -2.13. The van der Waals surface area contributed by atoms with Gasteiger partial charge >= 0.3 is 0 Å². The topological polar surface area (TPSA) is 40.5 Å². The summed E-state index contributed by atoms with van der Waals surface area (Å²) in [6.07, 6.45) is 3.43. The van der Waals surface area contributed by atoms with Gasteiger partial charge in [-0.2, -0.15) is 0 Å². The minimum atomic E-state index is -0.408. The predicted molar refractivity (Wildman–Crippen MR) is 46.3 cm³/mol. The standard InChI is InChI=1S/C9H18O2/c1-7(2)9(11)6-4-5-8(3)10/h4-5,7-11H,6H2,1-3H3. The lowest BCUT2D eigenvalue weighted by Gasteiger charge is -2.11. The quantitative estimate of drug-likeness (QED) is 0.606. The second-order valence-electron chi connectivity index (χ2n) is 3.22. The van der Waals surface area contributed by atoms with Crippen LogP contribution in [0.1, 0.15) is 27.2 Å². The van der Waals surface area contributed by atoms with Crippen molar-refractivity contribution in [2.75, 3.05) is 0 Å². The van der Waals surface area contributed by atoms with Gasteiger partial charge < -0.3 is 10.2 Å². The molecule has 66 valence electrons. The first-order valence-electron chi connectivity index (χ1n) is 4.06. The zero-order valence-electron chi connectivity index (χ0n) is 7.49. The Bertz CT molecular complexity index is 117. The van der Waals surface area contributed by atoms with Crippen molar-refractivity contribution in [3.05, 3.63) is 12.2 Å². The molecule has 0 saturated heterocycles. The Morgan fingerprint density at radius 1 is 1.18 bits per heavy atom. The first-order valence-corrected chi connectivity index (χ1v) is 4.06. The Kier molecular flexibility index (Phi) is 5.16. The van der Waals surface area contributed by atoms with Crippen LogP contribution in [0.3, 0.4) is 0 Å². The maximum atomic E-state index is 9.31. The van der Waals surface area contributed by atoms with E-state index in [1.807, 2.05) is 19.9 Å². The van der Waals surface area contributed by atoms with Crippen molar-refractivity contribution in [2.45, 2.75) is 39.4 Å². The number of hydrogen-bond acceptors (Lipinski definition) is 2. The zero-order chi connectivity index (χ0) is 8.85. The number of rotatable bonds is 4. The minimum Gasteiger partial charge on any atom is -0.393 e. The first-order chi connectivity index (χ1) is 5.04. The molecule has 11 heavy (non-hydrogen) atoms. The van der Waals surface area contributed by atoms with Crippen LogP contribution >= 0.6 is 0 Å². The van der Waals surface area contributed by atoms with Crippen molar-refractivity contribution in [3.63, 3.8) is 0 Å². The van der Waals surface area contributed by atoms with E-state index in [1.54, 1.807) is 13.0 Å². The highest BCUT2D eigenvalue weighted by atomic mass is 16.3. The van der Waals surface area contributed by atoms with Crippen molar-refractivity contribution in [1.29, 1.82) is 0 Å². The third kappa shape index (κ3) is 6.07. The van der Waals surface area contributed by atoms with Crippen molar-refractivity contribution >= 4 is 0 Å². The molecule has 0 bridgehead atoms. The Morgan fingerprint density at radius 2 is 1.73 bits per heavy atom. The lowest BCUT2D eigenvalue weighted by atomic mass is 10.0. The van der Waals surface area contributed by atoms with Gasteiger partial charge in [-0.1, -0.05) is 26.0 Å². The Hall–Kier alpha value is -0.340.